The molecule has 0 radical (unpaired) electrons. The van der Waals surface area contributed by atoms with Gasteiger partial charge in [0.1, 0.15) is 16.2 Å². The molecule has 0 aliphatic carbocycles. The van der Waals surface area contributed by atoms with Crippen molar-refractivity contribution in [1.29, 1.82) is 0 Å². The second kappa shape index (κ2) is 6.09. The first kappa shape index (κ1) is 14.3. The van der Waals surface area contributed by atoms with Crippen LogP contribution < -0.4 is 5.32 Å². The van der Waals surface area contributed by atoms with E-state index in [1.807, 2.05) is 24.3 Å². The lowest BCUT2D eigenvalue weighted by molar-refractivity contribution is 0.102. The van der Waals surface area contributed by atoms with Crippen LogP contribution in [0.4, 0.5) is 5.82 Å². The first-order valence-corrected chi connectivity index (χ1v) is 7.93. The topological polar surface area (TPSA) is 93.6 Å². The van der Waals surface area contributed by atoms with Gasteiger partial charge in [-0.25, -0.2) is 9.97 Å². The van der Waals surface area contributed by atoms with Gasteiger partial charge in [0, 0.05) is 23.3 Å². The van der Waals surface area contributed by atoms with E-state index in [0.717, 1.165) is 16.0 Å². The number of nitrogens with zero attached hydrogens (tertiary/aromatic N) is 5. The molecule has 1 aromatic carbocycles. The van der Waals surface area contributed by atoms with E-state index in [-0.39, 0.29) is 5.91 Å². The number of benzene rings is 1. The molecule has 0 bridgehead atoms. The van der Waals surface area contributed by atoms with Crippen LogP contribution in [0.2, 0.25) is 0 Å². The van der Waals surface area contributed by atoms with E-state index in [1.54, 1.807) is 11.6 Å². The summed E-state index contributed by atoms with van der Waals surface area (Å²) in [7, 11) is 0. The molecule has 3 aromatic heterocycles. The zero-order chi connectivity index (χ0) is 16.4. The maximum atomic E-state index is 12.4. The largest absolute Gasteiger partial charge is 0.304 e. The van der Waals surface area contributed by atoms with Gasteiger partial charge in [0.05, 0.1) is 11.7 Å². The molecule has 0 aliphatic rings. The van der Waals surface area contributed by atoms with Crippen LogP contribution in [-0.2, 0) is 0 Å². The summed E-state index contributed by atoms with van der Waals surface area (Å²) in [6.45, 7) is 0. The fraction of sp³-hybridized carbons (Fsp3) is 0. The van der Waals surface area contributed by atoms with E-state index in [4.69, 9.17) is 0 Å². The standard InChI is InChI=1S/C16H10N6OS/c23-15(21-13-8-17-6-7-18-13)12-5-4-10-2-1-3-11(14(10)20-12)16-22-19-9-24-16/h1-9H,(H,18,21,23). The summed E-state index contributed by atoms with van der Waals surface area (Å²) >= 11 is 1.43. The third-order valence-electron chi connectivity index (χ3n) is 3.35. The van der Waals surface area contributed by atoms with Gasteiger partial charge in [-0.1, -0.05) is 29.5 Å². The second-order valence-corrected chi connectivity index (χ2v) is 5.70. The van der Waals surface area contributed by atoms with E-state index in [1.165, 1.54) is 29.9 Å². The van der Waals surface area contributed by atoms with Crippen LogP contribution in [0.15, 0.2) is 54.4 Å². The number of aromatic nitrogens is 5. The quantitative estimate of drug-likeness (QED) is 0.619. The highest BCUT2D eigenvalue weighted by Crippen LogP contribution is 2.28. The number of amides is 1. The Morgan fingerprint density at radius 3 is 2.88 bits per heavy atom. The molecule has 0 fully saturated rings. The van der Waals surface area contributed by atoms with Crippen molar-refractivity contribution < 1.29 is 4.79 Å². The third kappa shape index (κ3) is 2.70. The average molecular weight is 334 g/mol. The Hall–Kier alpha value is -3.26. The number of rotatable bonds is 3. The van der Waals surface area contributed by atoms with Crippen molar-refractivity contribution in [3.05, 3.63) is 60.1 Å². The lowest BCUT2D eigenvalue weighted by atomic mass is 10.1. The number of hydrogen-bond donors (Lipinski definition) is 1. The van der Waals surface area contributed by atoms with Crippen molar-refractivity contribution in [3.63, 3.8) is 0 Å². The Kier molecular flexibility index (Phi) is 3.64. The van der Waals surface area contributed by atoms with E-state index < -0.39 is 0 Å². The lowest BCUT2D eigenvalue weighted by Crippen LogP contribution is -2.14. The smallest absolute Gasteiger partial charge is 0.275 e. The Balaban J connectivity index is 1.75. The minimum Gasteiger partial charge on any atom is -0.304 e. The molecule has 0 spiro atoms. The lowest BCUT2D eigenvalue weighted by Gasteiger charge is -2.06. The van der Waals surface area contributed by atoms with Gasteiger partial charge >= 0.3 is 0 Å². The summed E-state index contributed by atoms with van der Waals surface area (Å²) in [6.07, 6.45) is 4.53. The Morgan fingerprint density at radius 2 is 2.08 bits per heavy atom. The van der Waals surface area contributed by atoms with Crippen molar-refractivity contribution in [1.82, 2.24) is 25.1 Å². The predicted molar refractivity (Wildman–Crippen MR) is 90.6 cm³/mol. The minimum absolute atomic E-state index is 0.296. The van der Waals surface area contributed by atoms with Gasteiger partial charge in [-0.15, -0.1) is 10.2 Å². The van der Waals surface area contributed by atoms with Crippen LogP contribution in [0.25, 0.3) is 21.5 Å². The predicted octanol–water partition coefficient (Wildman–Crippen LogP) is 2.80. The Morgan fingerprint density at radius 1 is 1.12 bits per heavy atom. The highest BCUT2D eigenvalue weighted by molar-refractivity contribution is 7.12. The van der Waals surface area contributed by atoms with Crippen molar-refractivity contribution in [2.45, 2.75) is 0 Å². The van der Waals surface area contributed by atoms with Gasteiger partial charge in [0.2, 0.25) is 0 Å². The van der Waals surface area contributed by atoms with Crippen LogP contribution in [-0.4, -0.2) is 31.1 Å². The molecule has 4 aromatic rings. The van der Waals surface area contributed by atoms with Gasteiger partial charge in [-0.05, 0) is 12.1 Å². The molecule has 7 nitrogen and oxygen atoms in total. The van der Waals surface area contributed by atoms with E-state index in [9.17, 15) is 4.79 Å². The molecule has 3 heterocycles. The van der Waals surface area contributed by atoms with Crippen LogP contribution in [0.5, 0.6) is 0 Å². The summed E-state index contributed by atoms with van der Waals surface area (Å²) in [5, 5.41) is 12.3. The maximum Gasteiger partial charge on any atom is 0.275 e. The fourth-order valence-electron chi connectivity index (χ4n) is 2.28. The molecule has 1 amide bonds. The summed E-state index contributed by atoms with van der Waals surface area (Å²) in [5.74, 6) is 0.0336. The molecule has 0 saturated heterocycles. The minimum atomic E-state index is -0.343. The first-order chi connectivity index (χ1) is 11.8. The summed E-state index contributed by atoms with van der Waals surface area (Å²) in [5.41, 5.74) is 3.52. The van der Waals surface area contributed by atoms with Crippen molar-refractivity contribution >= 4 is 34.0 Å². The van der Waals surface area contributed by atoms with Gasteiger partial charge < -0.3 is 5.32 Å². The van der Waals surface area contributed by atoms with Crippen LogP contribution >= 0.6 is 11.3 Å². The highest BCUT2D eigenvalue weighted by Gasteiger charge is 2.13. The highest BCUT2D eigenvalue weighted by atomic mass is 32.1. The SMILES string of the molecule is O=C(Nc1cnccn1)c1ccc2cccc(-c3nncs3)c2n1. The molecule has 0 atom stereocenters. The molecule has 116 valence electrons. The molecule has 0 saturated carbocycles. The number of anilines is 1. The van der Waals surface area contributed by atoms with Crippen molar-refractivity contribution in [2.75, 3.05) is 5.32 Å². The van der Waals surface area contributed by atoms with Gasteiger partial charge in [-0.3, -0.25) is 9.78 Å². The number of nitrogens with one attached hydrogen (secondary N) is 1. The van der Waals surface area contributed by atoms with Gasteiger partial charge in [0.25, 0.3) is 5.91 Å². The molecule has 24 heavy (non-hydrogen) atoms. The van der Waals surface area contributed by atoms with Gasteiger partial charge in [-0.2, -0.15) is 0 Å². The van der Waals surface area contributed by atoms with Crippen LogP contribution in [0.3, 0.4) is 0 Å². The number of carbonyl (C=O) groups is 1. The first-order valence-electron chi connectivity index (χ1n) is 7.05. The van der Waals surface area contributed by atoms with Crippen molar-refractivity contribution in [2.24, 2.45) is 0 Å². The monoisotopic (exact) mass is 334 g/mol. The molecular formula is C16H10N6OS. The van der Waals surface area contributed by atoms with E-state index >= 15 is 0 Å². The average Bonchev–Trinajstić information content (AvgIpc) is 3.16. The normalized spacial score (nSPS) is 10.7. The second-order valence-electron chi connectivity index (χ2n) is 4.86. The zero-order valence-corrected chi connectivity index (χ0v) is 13.1. The van der Waals surface area contributed by atoms with Crippen LogP contribution in [0, 0.1) is 0 Å². The number of fused-ring (bicyclic) bond motifs is 1. The summed E-state index contributed by atoms with van der Waals surface area (Å²) in [6, 6.07) is 9.33. The van der Waals surface area contributed by atoms with E-state index in [0.29, 0.717) is 17.0 Å². The van der Waals surface area contributed by atoms with Crippen LogP contribution in [0.1, 0.15) is 10.5 Å². The molecule has 0 unspecified atom stereocenters. The molecule has 8 heteroatoms. The zero-order valence-electron chi connectivity index (χ0n) is 12.2. The number of pyridine rings is 1. The Labute approximate surface area is 140 Å². The maximum absolute atomic E-state index is 12.4. The fourth-order valence-corrected chi connectivity index (χ4v) is 2.86. The summed E-state index contributed by atoms with van der Waals surface area (Å²) in [4.78, 5) is 24.8. The third-order valence-corrected chi connectivity index (χ3v) is 4.07. The molecule has 0 aliphatic heterocycles. The number of carbonyl (C=O) groups excluding carboxylic acids is 1. The molecular weight excluding hydrogens is 324 g/mol. The number of hydrogen-bond acceptors (Lipinski definition) is 7. The van der Waals surface area contributed by atoms with Crippen molar-refractivity contribution in [3.8, 4) is 10.6 Å². The van der Waals surface area contributed by atoms with Gasteiger partial charge in [0.15, 0.2) is 5.82 Å². The number of para-hydroxylation sites is 1. The molecule has 4 rings (SSSR count). The molecule has 1 N–H and O–H groups in total. The summed E-state index contributed by atoms with van der Waals surface area (Å²) < 4.78 is 0. The van der Waals surface area contributed by atoms with E-state index in [2.05, 4.69) is 30.5 Å². The Bertz CT molecular complexity index is 1000.